The maximum absolute atomic E-state index is 6.16. The molecule has 1 aliphatic rings. The van der Waals surface area contributed by atoms with Crippen LogP contribution in [-0.2, 0) is 11.3 Å². The molecule has 6 nitrogen and oxygen atoms in total. The van der Waals surface area contributed by atoms with Crippen LogP contribution in [-0.4, -0.2) is 58.4 Å². The third-order valence-electron chi connectivity index (χ3n) is 5.35. The number of hydrogen-bond acceptors (Lipinski definition) is 5. The van der Waals surface area contributed by atoms with Crippen molar-refractivity contribution in [1.82, 2.24) is 15.5 Å². The number of likely N-dealkylation sites (N-methyl/N-ethyl adjacent to an activating group) is 1. The Morgan fingerprint density at radius 3 is 2.87 bits per heavy atom. The number of guanidine groups is 1. The van der Waals surface area contributed by atoms with E-state index in [0.29, 0.717) is 25.1 Å². The Bertz CT molecular complexity index is 802. The Morgan fingerprint density at radius 1 is 1.33 bits per heavy atom. The fraction of sp³-hybridized carbons (Fsp3) is 0.522. The Hall–Kier alpha value is -2.09. The number of ether oxygens (including phenoxy) is 2. The minimum Gasteiger partial charge on any atom is -0.493 e. The van der Waals surface area contributed by atoms with E-state index in [4.69, 9.17) is 9.47 Å². The highest BCUT2D eigenvalue weighted by Crippen LogP contribution is 2.23. The Kier molecular flexibility index (Phi) is 8.54. The smallest absolute Gasteiger partial charge is 0.191 e. The van der Waals surface area contributed by atoms with E-state index in [-0.39, 0.29) is 0 Å². The van der Waals surface area contributed by atoms with Gasteiger partial charge in [0, 0.05) is 43.1 Å². The molecule has 0 spiro atoms. The molecule has 1 aliphatic heterocycles. The first kappa shape index (κ1) is 22.6. The Morgan fingerprint density at radius 2 is 2.20 bits per heavy atom. The summed E-state index contributed by atoms with van der Waals surface area (Å²) in [4.78, 5) is 7.96. The van der Waals surface area contributed by atoms with Gasteiger partial charge in [0.25, 0.3) is 0 Å². The van der Waals surface area contributed by atoms with Gasteiger partial charge in [-0.15, -0.1) is 11.3 Å². The predicted octanol–water partition coefficient (Wildman–Crippen LogP) is 3.44. The summed E-state index contributed by atoms with van der Waals surface area (Å²) in [6.45, 7) is 5.88. The quantitative estimate of drug-likeness (QED) is 0.471. The van der Waals surface area contributed by atoms with Gasteiger partial charge in [-0.05, 0) is 50.5 Å². The molecular weight excluding hydrogens is 396 g/mol. The summed E-state index contributed by atoms with van der Waals surface area (Å²) in [7, 11) is 6.01. The predicted molar refractivity (Wildman–Crippen MR) is 125 cm³/mol. The highest BCUT2D eigenvalue weighted by molar-refractivity contribution is 7.10. The molecule has 0 bridgehead atoms. The van der Waals surface area contributed by atoms with Gasteiger partial charge in [-0.2, -0.15) is 0 Å². The Labute approximate surface area is 184 Å². The summed E-state index contributed by atoms with van der Waals surface area (Å²) in [5.74, 6) is 2.21. The van der Waals surface area contributed by atoms with Gasteiger partial charge in [-0.25, -0.2) is 0 Å². The van der Waals surface area contributed by atoms with Crippen molar-refractivity contribution in [2.75, 3.05) is 47.5 Å². The van der Waals surface area contributed by atoms with Crippen molar-refractivity contribution in [3.8, 4) is 5.75 Å². The molecule has 2 unspecified atom stereocenters. The van der Waals surface area contributed by atoms with Gasteiger partial charge in [0.1, 0.15) is 5.75 Å². The lowest BCUT2D eigenvalue weighted by molar-refractivity contribution is 0.166. The van der Waals surface area contributed by atoms with Crippen molar-refractivity contribution in [3.05, 3.63) is 51.7 Å². The fourth-order valence-corrected chi connectivity index (χ4v) is 4.40. The largest absolute Gasteiger partial charge is 0.493 e. The molecule has 2 N–H and O–H groups in total. The van der Waals surface area contributed by atoms with E-state index in [9.17, 15) is 0 Å². The van der Waals surface area contributed by atoms with Crippen LogP contribution in [0.4, 0.5) is 0 Å². The molecule has 2 aromatic rings. The van der Waals surface area contributed by atoms with E-state index in [1.807, 2.05) is 0 Å². The van der Waals surface area contributed by atoms with Crippen molar-refractivity contribution in [2.45, 2.75) is 25.9 Å². The minimum absolute atomic E-state index is 0.301. The molecule has 3 rings (SSSR count). The number of aliphatic imine (C=N–C) groups is 1. The summed E-state index contributed by atoms with van der Waals surface area (Å²) in [5, 5.41) is 9.02. The fourth-order valence-electron chi connectivity index (χ4n) is 3.48. The zero-order chi connectivity index (χ0) is 21.3. The molecule has 0 amide bonds. The van der Waals surface area contributed by atoms with Gasteiger partial charge in [-0.1, -0.05) is 18.2 Å². The van der Waals surface area contributed by atoms with Gasteiger partial charge >= 0.3 is 0 Å². The van der Waals surface area contributed by atoms with Crippen LogP contribution in [0.1, 0.15) is 28.5 Å². The summed E-state index contributed by atoms with van der Waals surface area (Å²) in [6, 6.07) is 10.9. The van der Waals surface area contributed by atoms with Crippen molar-refractivity contribution in [3.63, 3.8) is 0 Å². The lowest BCUT2D eigenvalue weighted by Crippen LogP contribution is -2.41. The second-order valence-electron chi connectivity index (χ2n) is 7.95. The van der Waals surface area contributed by atoms with Crippen LogP contribution in [0, 0.1) is 12.8 Å². The molecule has 164 valence electrons. The normalized spacial score (nSPS) is 17.9. The van der Waals surface area contributed by atoms with E-state index in [1.54, 1.807) is 18.4 Å². The molecule has 2 atom stereocenters. The van der Waals surface area contributed by atoms with E-state index < -0.39 is 0 Å². The average Bonchev–Trinajstić information content (AvgIpc) is 3.44. The maximum Gasteiger partial charge on any atom is 0.191 e. The first-order valence-electron chi connectivity index (χ1n) is 10.5. The van der Waals surface area contributed by atoms with Crippen molar-refractivity contribution >= 4 is 17.3 Å². The van der Waals surface area contributed by atoms with E-state index >= 15 is 0 Å². The maximum atomic E-state index is 6.16. The third-order valence-corrected chi connectivity index (χ3v) is 6.32. The zero-order valence-electron chi connectivity index (χ0n) is 18.5. The number of aryl methyl sites for hydroxylation is 1. The van der Waals surface area contributed by atoms with Crippen LogP contribution in [0.3, 0.4) is 0 Å². The SMILES string of the molecule is CN=C(NCc1ccc(C)cc1OCC1CCOC1)NCC(c1cccs1)N(C)C. The van der Waals surface area contributed by atoms with Crippen molar-refractivity contribution in [1.29, 1.82) is 0 Å². The number of thiophene rings is 1. The number of rotatable bonds is 9. The highest BCUT2D eigenvalue weighted by Gasteiger charge is 2.18. The molecule has 2 heterocycles. The van der Waals surface area contributed by atoms with Crippen LogP contribution in [0.5, 0.6) is 5.75 Å². The third kappa shape index (κ3) is 6.45. The molecule has 0 aliphatic carbocycles. The minimum atomic E-state index is 0.301. The molecule has 1 aromatic heterocycles. The highest BCUT2D eigenvalue weighted by atomic mass is 32.1. The van der Waals surface area contributed by atoms with Crippen LogP contribution < -0.4 is 15.4 Å². The number of nitrogens with zero attached hydrogens (tertiary/aromatic N) is 2. The van der Waals surface area contributed by atoms with E-state index in [2.05, 4.69) is 77.3 Å². The lowest BCUT2D eigenvalue weighted by Gasteiger charge is -2.24. The molecule has 1 fully saturated rings. The second-order valence-corrected chi connectivity index (χ2v) is 8.93. The monoisotopic (exact) mass is 430 g/mol. The summed E-state index contributed by atoms with van der Waals surface area (Å²) in [5.41, 5.74) is 2.33. The van der Waals surface area contributed by atoms with Gasteiger partial charge in [0.05, 0.1) is 19.3 Å². The Balaban J connectivity index is 1.56. The molecule has 0 radical (unpaired) electrons. The molecule has 7 heteroatoms. The topological polar surface area (TPSA) is 58.1 Å². The number of benzene rings is 1. The number of hydrogen-bond donors (Lipinski definition) is 2. The van der Waals surface area contributed by atoms with Gasteiger partial charge in [-0.3, -0.25) is 4.99 Å². The first-order chi connectivity index (χ1) is 14.6. The molecule has 1 saturated heterocycles. The summed E-state index contributed by atoms with van der Waals surface area (Å²) < 4.78 is 11.6. The molecular formula is C23H34N4O2S. The van der Waals surface area contributed by atoms with Gasteiger partial charge < -0.3 is 25.0 Å². The first-order valence-corrected chi connectivity index (χ1v) is 11.4. The molecule has 1 aromatic carbocycles. The van der Waals surface area contributed by atoms with Crippen molar-refractivity contribution in [2.24, 2.45) is 10.9 Å². The van der Waals surface area contributed by atoms with Crippen molar-refractivity contribution < 1.29 is 9.47 Å². The van der Waals surface area contributed by atoms with Crippen LogP contribution in [0.25, 0.3) is 0 Å². The van der Waals surface area contributed by atoms with Gasteiger partial charge in [0.15, 0.2) is 5.96 Å². The summed E-state index contributed by atoms with van der Waals surface area (Å²) >= 11 is 1.78. The summed E-state index contributed by atoms with van der Waals surface area (Å²) in [6.07, 6.45) is 1.08. The molecule has 30 heavy (non-hydrogen) atoms. The lowest BCUT2D eigenvalue weighted by atomic mass is 10.1. The number of nitrogens with one attached hydrogen (secondary N) is 2. The average molecular weight is 431 g/mol. The van der Waals surface area contributed by atoms with Crippen LogP contribution in [0.2, 0.25) is 0 Å². The standard InChI is InChI=1S/C23H34N4O2S/c1-17-7-8-19(21(12-17)29-16-18-9-10-28-15-18)13-25-23(24-2)26-14-20(27(3)4)22-6-5-11-30-22/h5-8,11-12,18,20H,9-10,13-16H2,1-4H3,(H2,24,25,26). The second kappa shape index (κ2) is 11.3. The van der Waals surface area contributed by atoms with Crippen LogP contribution in [0.15, 0.2) is 40.7 Å². The van der Waals surface area contributed by atoms with Crippen LogP contribution >= 0.6 is 11.3 Å². The van der Waals surface area contributed by atoms with Gasteiger partial charge in [0.2, 0.25) is 0 Å². The van der Waals surface area contributed by atoms with E-state index in [1.165, 1.54) is 10.4 Å². The zero-order valence-corrected chi connectivity index (χ0v) is 19.3. The van der Waals surface area contributed by atoms with E-state index in [0.717, 1.165) is 43.5 Å². The molecule has 0 saturated carbocycles.